The Morgan fingerprint density at radius 2 is 2.03 bits per heavy atom. The Kier molecular flexibility index (Phi) is 5.03. The zero-order valence-electron chi connectivity index (χ0n) is 15.7. The monoisotopic (exact) mass is 394 g/mol. The molecule has 0 radical (unpaired) electrons. The van der Waals surface area contributed by atoms with E-state index in [1.54, 1.807) is 43.3 Å². The molecule has 0 atom stereocenters. The number of carbonyl (C=O) groups is 2. The molecule has 1 fully saturated rings. The molecule has 1 aliphatic carbocycles. The van der Waals surface area contributed by atoms with Gasteiger partial charge in [-0.2, -0.15) is 4.80 Å². The lowest BCUT2D eigenvalue weighted by Gasteiger charge is -2.07. The number of carbonyl (C=O) groups excluding carboxylic acids is 2. The van der Waals surface area contributed by atoms with Gasteiger partial charge in [0.1, 0.15) is 12.4 Å². The van der Waals surface area contributed by atoms with Gasteiger partial charge in [0.05, 0.1) is 0 Å². The van der Waals surface area contributed by atoms with Crippen molar-refractivity contribution in [1.82, 2.24) is 25.5 Å². The smallest absolute Gasteiger partial charge is 0.251 e. The number of hydrogen-bond donors (Lipinski definition) is 2. The van der Waals surface area contributed by atoms with Crippen molar-refractivity contribution in [2.75, 3.05) is 5.32 Å². The molecule has 1 heterocycles. The number of nitrogens with one attached hydrogen (secondary N) is 2. The van der Waals surface area contributed by atoms with Crippen LogP contribution in [-0.2, 0) is 11.3 Å². The number of benzene rings is 2. The van der Waals surface area contributed by atoms with Crippen molar-refractivity contribution in [3.05, 3.63) is 59.4 Å². The van der Waals surface area contributed by atoms with E-state index < -0.39 is 0 Å². The van der Waals surface area contributed by atoms with Crippen LogP contribution in [0.4, 0.5) is 10.1 Å². The van der Waals surface area contributed by atoms with Crippen molar-refractivity contribution in [1.29, 1.82) is 0 Å². The number of hydrogen-bond acceptors (Lipinski definition) is 5. The fourth-order valence-electron chi connectivity index (χ4n) is 2.77. The first-order chi connectivity index (χ1) is 14.0. The van der Waals surface area contributed by atoms with Gasteiger partial charge in [0.2, 0.25) is 11.7 Å². The van der Waals surface area contributed by atoms with Crippen molar-refractivity contribution in [2.45, 2.75) is 32.4 Å². The van der Waals surface area contributed by atoms with Gasteiger partial charge in [0.25, 0.3) is 5.91 Å². The molecule has 0 aliphatic heterocycles. The van der Waals surface area contributed by atoms with Crippen LogP contribution in [0.25, 0.3) is 11.4 Å². The second kappa shape index (κ2) is 7.78. The van der Waals surface area contributed by atoms with Gasteiger partial charge in [-0.15, -0.1) is 10.2 Å². The Morgan fingerprint density at radius 1 is 1.21 bits per heavy atom. The summed E-state index contributed by atoms with van der Waals surface area (Å²) >= 11 is 0. The highest BCUT2D eigenvalue weighted by Crippen LogP contribution is 2.20. The maximum absolute atomic E-state index is 13.4. The molecule has 0 saturated heterocycles. The van der Waals surface area contributed by atoms with Gasteiger partial charge in [-0.25, -0.2) is 4.39 Å². The van der Waals surface area contributed by atoms with Crippen molar-refractivity contribution >= 4 is 17.5 Å². The van der Waals surface area contributed by atoms with Crippen LogP contribution in [-0.4, -0.2) is 38.1 Å². The Balaban J connectivity index is 1.39. The van der Waals surface area contributed by atoms with Crippen LogP contribution in [0.2, 0.25) is 0 Å². The largest absolute Gasteiger partial charge is 0.349 e. The van der Waals surface area contributed by atoms with E-state index in [0.717, 1.165) is 17.6 Å². The van der Waals surface area contributed by atoms with Crippen LogP contribution >= 0.6 is 0 Å². The van der Waals surface area contributed by atoms with Gasteiger partial charge in [-0.3, -0.25) is 9.59 Å². The highest BCUT2D eigenvalue weighted by Gasteiger charge is 2.23. The molecule has 0 unspecified atom stereocenters. The van der Waals surface area contributed by atoms with Crippen LogP contribution in [0, 0.1) is 12.7 Å². The lowest BCUT2D eigenvalue weighted by Crippen LogP contribution is -2.25. The first kappa shape index (κ1) is 18.7. The summed E-state index contributed by atoms with van der Waals surface area (Å²) in [5, 5.41) is 17.6. The van der Waals surface area contributed by atoms with E-state index in [1.165, 1.54) is 6.07 Å². The Hall–Kier alpha value is -3.62. The fraction of sp³-hybridized carbons (Fsp3) is 0.250. The number of aromatic nitrogens is 4. The summed E-state index contributed by atoms with van der Waals surface area (Å²) in [7, 11) is 0. The van der Waals surface area contributed by atoms with Crippen LogP contribution in [0.1, 0.15) is 28.8 Å². The molecular formula is C20H19FN6O2. The molecule has 1 saturated carbocycles. The Bertz CT molecular complexity index is 1080. The molecule has 148 valence electrons. The van der Waals surface area contributed by atoms with Crippen molar-refractivity contribution in [3.63, 3.8) is 0 Å². The van der Waals surface area contributed by atoms with E-state index in [9.17, 15) is 14.0 Å². The molecule has 9 heteroatoms. The zero-order valence-corrected chi connectivity index (χ0v) is 15.7. The summed E-state index contributed by atoms with van der Waals surface area (Å²) in [5.74, 6) is -0.516. The summed E-state index contributed by atoms with van der Waals surface area (Å²) in [5.41, 5.74) is 2.09. The number of amides is 2. The van der Waals surface area contributed by atoms with Crippen molar-refractivity contribution in [2.24, 2.45) is 0 Å². The molecule has 29 heavy (non-hydrogen) atoms. The fourth-order valence-corrected chi connectivity index (χ4v) is 2.77. The standard InChI is InChI=1S/C20H19FN6O2/c1-12-9-13(5-8-17(12)21)19-24-26-27(25-19)11-18(28)22-16-4-2-3-14(10-16)20(29)23-15-6-7-15/h2-5,8-10,15H,6-7,11H2,1H3,(H,22,28)(H,23,29). The minimum absolute atomic E-state index is 0.147. The molecular weight excluding hydrogens is 375 g/mol. The minimum Gasteiger partial charge on any atom is -0.349 e. The average molecular weight is 394 g/mol. The summed E-state index contributed by atoms with van der Waals surface area (Å²) in [4.78, 5) is 25.6. The maximum atomic E-state index is 13.4. The van der Waals surface area contributed by atoms with Crippen LogP contribution in [0.3, 0.4) is 0 Å². The van der Waals surface area contributed by atoms with Gasteiger partial charge >= 0.3 is 0 Å². The van der Waals surface area contributed by atoms with Crippen molar-refractivity contribution in [3.8, 4) is 11.4 Å². The Morgan fingerprint density at radius 3 is 2.79 bits per heavy atom. The van der Waals surface area contributed by atoms with Crippen molar-refractivity contribution < 1.29 is 14.0 Å². The predicted octanol–water partition coefficient (Wildman–Crippen LogP) is 2.32. The van der Waals surface area contributed by atoms with E-state index in [-0.39, 0.29) is 30.2 Å². The summed E-state index contributed by atoms with van der Waals surface area (Å²) in [6, 6.07) is 11.5. The molecule has 8 nitrogen and oxygen atoms in total. The molecule has 1 aromatic heterocycles. The molecule has 2 aromatic carbocycles. The number of tetrazole rings is 1. The number of aryl methyl sites for hydroxylation is 1. The number of nitrogens with zero attached hydrogens (tertiary/aromatic N) is 4. The third-order valence-electron chi connectivity index (χ3n) is 4.48. The van der Waals surface area contributed by atoms with Crippen LogP contribution in [0.15, 0.2) is 42.5 Å². The Labute approximate surface area is 166 Å². The number of rotatable bonds is 6. The van der Waals surface area contributed by atoms with Crippen LogP contribution < -0.4 is 10.6 Å². The van der Waals surface area contributed by atoms with E-state index in [2.05, 4.69) is 26.0 Å². The topological polar surface area (TPSA) is 102 Å². The molecule has 4 rings (SSSR count). The van der Waals surface area contributed by atoms with Gasteiger partial charge < -0.3 is 10.6 Å². The van der Waals surface area contributed by atoms with Gasteiger partial charge in [0.15, 0.2) is 0 Å². The highest BCUT2D eigenvalue weighted by atomic mass is 19.1. The first-order valence-electron chi connectivity index (χ1n) is 9.23. The lowest BCUT2D eigenvalue weighted by atomic mass is 10.1. The first-order valence-corrected chi connectivity index (χ1v) is 9.23. The highest BCUT2D eigenvalue weighted by molar-refractivity contribution is 5.97. The maximum Gasteiger partial charge on any atom is 0.251 e. The molecule has 0 bridgehead atoms. The van der Waals surface area contributed by atoms with E-state index in [0.29, 0.717) is 28.2 Å². The average Bonchev–Trinajstić information content (AvgIpc) is 3.39. The number of halogens is 1. The second-order valence-electron chi connectivity index (χ2n) is 6.98. The second-order valence-corrected chi connectivity index (χ2v) is 6.98. The molecule has 3 aromatic rings. The van der Waals surface area contributed by atoms with E-state index in [4.69, 9.17) is 0 Å². The minimum atomic E-state index is -0.357. The normalized spacial score (nSPS) is 13.2. The molecule has 0 spiro atoms. The number of anilines is 1. The third-order valence-corrected chi connectivity index (χ3v) is 4.48. The zero-order chi connectivity index (χ0) is 20.4. The SMILES string of the molecule is Cc1cc(-c2nnn(CC(=O)Nc3cccc(C(=O)NC4CC4)c3)n2)ccc1F. The third kappa shape index (κ3) is 4.63. The molecule has 1 aliphatic rings. The predicted molar refractivity (Wildman–Crippen MR) is 104 cm³/mol. The van der Waals surface area contributed by atoms with Gasteiger partial charge in [-0.05, 0) is 66.9 Å². The summed E-state index contributed by atoms with van der Waals surface area (Å²) in [6.07, 6.45) is 2.01. The summed E-state index contributed by atoms with van der Waals surface area (Å²) < 4.78 is 13.4. The molecule has 2 N–H and O–H groups in total. The van der Waals surface area contributed by atoms with E-state index >= 15 is 0 Å². The van der Waals surface area contributed by atoms with Gasteiger partial charge in [-0.1, -0.05) is 6.07 Å². The van der Waals surface area contributed by atoms with E-state index in [1.807, 2.05) is 0 Å². The van der Waals surface area contributed by atoms with Gasteiger partial charge in [0, 0.05) is 22.9 Å². The molecule has 2 amide bonds. The lowest BCUT2D eigenvalue weighted by molar-refractivity contribution is -0.117. The summed E-state index contributed by atoms with van der Waals surface area (Å²) in [6.45, 7) is 1.50. The van der Waals surface area contributed by atoms with Crippen LogP contribution in [0.5, 0.6) is 0 Å². The quantitative estimate of drug-likeness (QED) is 0.668.